The first-order chi connectivity index (χ1) is 6.06. The maximum Gasteiger partial charge on any atom is 0.250 e. The van der Waals surface area contributed by atoms with Crippen molar-refractivity contribution in [3.05, 3.63) is 11.4 Å². The molecule has 0 aliphatic heterocycles. The molecular formula is C6H10N2O3S2. The lowest BCUT2D eigenvalue weighted by molar-refractivity contribution is 0.301. The Morgan fingerprint density at radius 3 is 2.77 bits per heavy atom. The van der Waals surface area contributed by atoms with E-state index < -0.39 is 10.0 Å². The molecule has 7 heteroatoms. The van der Waals surface area contributed by atoms with Crippen LogP contribution in [0.5, 0.6) is 0 Å². The van der Waals surface area contributed by atoms with Crippen LogP contribution < -0.4 is 10.5 Å². The van der Waals surface area contributed by atoms with Crippen LogP contribution in [0.2, 0.25) is 0 Å². The lowest BCUT2D eigenvalue weighted by Gasteiger charge is -2.00. The molecule has 0 aliphatic carbocycles. The molecular weight excluding hydrogens is 212 g/mol. The van der Waals surface area contributed by atoms with Crippen LogP contribution in [0, 0.1) is 0 Å². The van der Waals surface area contributed by atoms with Crippen molar-refractivity contribution in [2.75, 3.05) is 18.9 Å². The van der Waals surface area contributed by atoms with E-state index in [1.807, 2.05) is 0 Å². The average Bonchev–Trinajstić information content (AvgIpc) is 2.49. The summed E-state index contributed by atoms with van der Waals surface area (Å²) in [6, 6.07) is 1.38. The van der Waals surface area contributed by atoms with Crippen LogP contribution >= 0.6 is 11.3 Å². The van der Waals surface area contributed by atoms with Crippen molar-refractivity contribution in [1.29, 1.82) is 0 Å². The maximum absolute atomic E-state index is 11.3. The molecule has 4 N–H and O–H groups in total. The van der Waals surface area contributed by atoms with E-state index in [4.69, 9.17) is 10.8 Å². The number of hydrogen-bond acceptors (Lipinski definition) is 5. The number of aliphatic hydroxyl groups excluding tert-OH is 1. The molecule has 0 atom stereocenters. The topological polar surface area (TPSA) is 92.4 Å². The zero-order valence-electron chi connectivity index (χ0n) is 6.73. The van der Waals surface area contributed by atoms with Gasteiger partial charge in [-0.05, 0) is 6.07 Å². The van der Waals surface area contributed by atoms with Crippen molar-refractivity contribution >= 4 is 27.0 Å². The van der Waals surface area contributed by atoms with Crippen LogP contribution in [0.25, 0.3) is 0 Å². The highest BCUT2D eigenvalue weighted by molar-refractivity contribution is 7.91. The van der Waals surface area contributed by atoms with Crippen molar-refractivity contribution < 1.29 is 13.5 Å². The van der Waals surface area contributed by atoms with Gasteiger partial charge in [0.25, 0.3) is 0 Å². The number of hydrogen-bond donors (Lipinski definition) is 3. The fourth-order valence-electron chi connectivity index (χ4n) is 0.722. The number of nitrogens with two attached hydrogens (primary N) is 1. The van der Waals surface area contributed by atoms with E-state index in [1.54, 1.807) is 5.38 Å². The Kier molecular flexibility index (Phi) is 3.26. The van der Waals surface area contributed by atoms with Gasteiger partial charge in [0.2, 0.25) is 10.0 Å². The molecule has 0 bridgehead atoms. The van der Waals surface area contributed by atoms with E-state index in [-0.39, 0.29) is 17.4 Å². The summed E-state index contributed by atoms with van der Waals surface area (Å²) in [5, 5.41) is 9.98. The Morgan fingerprint density at radius 1 is 1.62 bits per heavy atom. The van der Waals surface area contributed by atoms with Crippen molar-refractivity contribution in [3.63, 3.8) is 0 Å². The number of aliphatic hydroxyl groups is 1. The zero-order chi connectivity index (χ0) is 9.90. The van der Waals surface area contributed by atoms with Crippen LogP contribution in [0.15, 0.2) is 15.7 Å². The molecule has 0 radical (unpaired) electrons. The molecule has 0 aliphatic rings. The highest BCUT2D eigenvalue weighted by atomic mass is 32.2. The van der Waals surface area contributed by atoms with Gasteiger partial charge in [-0.2, -0.15) is 0 Å². The molecule has 5 nitrogen and oxygen atoms in total. The van der Waals surface area contributed by atoms with Gasteiger partial charge in [-0.1, -0.05) is 0 Å². The third-order valence-electron chi connectivity index (χ3n) is 1.26. The summed E-state index contributed by atoms with van der Waals surface area (Å²) in [6.45, 7) is -0.208. The summed E-state index contributed by atoms with van der Waals surface area (Å²) in [7, 11) is -3.47. The highest BCUT2D eigenvalue weighted by Crippen LogP contribution is 2.20. The van der Waals surface area contributed by atoms with E-state index in [0.717, 1.165) is 11.3 Å². The number of sulfonamides is 1. The first kappa shape index (κ1) is 10.5. The summed E-state index contributed by atoms with van der Waals surface area (Å²) in [5.41, 5.74) is 5.80. The molecule has 0 aromatic carbocycles. The van der Waals surface area contributed by atoms with Crippen molar-refractivity contribution in [2.45, 2.75) is 4.21 Å². The summed E-state index contributed by atoms with van der Waals surface area (Å²) in [5.74, 6) is 0. The number of nitrogens with one attached hydrogen (secondary N) is 1. The Balaban J connectivity index is 2.82. The number of anilines is 1. The van der Waals surface area contributed by atoms with Crippen LogP contribution in [0.1, 0.15) is 0 Å². The molecule has 0 saturated heterocycles. The van der Waals surface area contributed by atoms with E-state index in [0.29, 0.717) is 5.69 Å². The minimum Gasteiger partial charge on any atom is -0.398 e. The zero-order valence-corrected chi connectivity index (χ0v) is 8.36. The van der Waals surface area contributed by atoms with Crippen LogP contribution in [-0.2, 0) is 10.0 Å². The quantitative estimate of drug-likeness (QED) is 0.646. The Bertz CT molecular complexity index is 371. The molecule has 1 rings (SSSR count). The molecule has 1 aromatic rings. The Hall–Kier alpha value is -0.630. The smallest absolute Gasteiger partial charge is 0.250 e. The van der Waals surface area contributed by atoms with Crippen molar-refractivity contribution in [2.24, 2.45) is 0 Å². The molecule has 0 saturated carbocycles. The van der Waals surface area contributed by atoms with Gasteiger partial charge < -0.3 is 10.8 Å². The van der Waals surface area contributed by atoms with Gasteiger partial charge in [-0.15, -0.1) is 11.3 Å². The van der Waals surface area contributed by atoms with Crippen molar-refractivity contribution in [3.8, 4) is 0 Å². The molecule has 1 heterocycles. The summed E-state index contributed by atoms with van der Waals surface area (Å²) in [4.78, 5) is 0. The largest absolute Gasteiger partial charge is 0.398 e. The standard InChI is InChI=1S/C6H10N2O3S2/c7-5-3-6(12-4-5)13(10,11)8-1-2-9/h3-4,8-9H,1-2,7H2. The molecule has 0 fully saturated rings. The fourth-order valence-corrected chi connectivity index (χ4v) is 2.87. The SMILES string of the molecule is Nc1csc(S(=O)(=O)NCCO)c1. The normalized spacial score (nSPS) is 11.8. The van der Waals surface area contributed by atoms with Crippen molar-refractivity contribution in [1.82, 2.24) is 4.72 Å². The van der Waals surface area contributed by atoms with Gasteiger partial charge in [0.1, 0.15) is 4.21 Å². The van der Waals surface area contributed by atoms with E-state index in [1.165, 1.54) is 6.07 Å². The molecule has 1 aromatic heterocycles. The van der Waals surface area contributed by atoms with Crippen LogP contribution in [0.3, 0.4) is 0 Å². The van der Waals surface area contributed by atoms with Gasteiger partial charge in [-0.3, -0.25) is 0 Å². The van der Waals surface area contributed by atoms with Gasteiger partial charge in [0.15, 0.2) is 0 Å². The molecule has 74 valence electrons. The second kappa shape index (κ2) is 4.05. The molecule has 0 amide bonds. The lowest BCUT2D eigenvalue weighted by Crippen LogP contribution is -2.25. The Labute approximate surface area is 80.2 Å². The predicted octanol–water partition coefficient (Wildman–Crippen LogP) is -0.399. The highest BCUT2D eigenvalue weighted by Gasteiger charge is 2.14. The fraction of sp³-hybridized carbons (Fsp3) is 0.333. The van der Waals surface area contributed by atoms with Crippen LogP contribution in [0.4, 0.5) is 5.69 Å². The monoisotopic (exact) mass is 222 g/mol. The summed E-state index contributed by atoms with van der Waals surface area (Å²) >= 11 is 1.05. The van der Waals surface area contributed by atoms with E-state index >= 15 is 0 Å². The second-order valence-electron chi connectivity index (χ2n) is 2.32. The number of nitrogen functional groups attached to an aromatic ring is 1. The molecule has 0 spiro atoms. The van der Waals surface area contributed by atoms with Gasteiger partial charge in [0, 0.05) is 17.6 Å². The summed E-state index contributed by atoms with van der Waals surface area (Å²) in [6.07, 6.45) is 0. The van der Waals surface area contributed by atoms with Crippen LogP contribution in [-0.4, -0.2) is 26.7 Å². The predicted molar refractivity (Wildman–Crippen MR) is 51.0 cm³/mol. The Morgan fingerprint density at radius 2 is 2.31 bits per heavy atom. The van der Waals surface area contributed by atoms with E-state index in [9.17, 15) is 8.42 Å². The van der Waals surface area contributed by atoms with Gasteiger partial charge >= 0.3 is 0 Å². The lowest BCUT2D eigenvalue weighted by atomic mass is 10.6. The minimum atomic E-state index is -3.47. The third kappa shape index (κ3) is 2.66. The maximum atomic E-state index is 11.3. The summed E-state index contributed by atoms with van der Waals surface area (Å²) < 4.78 is 25.1. The third-order valence-corrected chi connectivity index (χ3v) is 4.18. The molecule has 0 unspecified atom stereocenters. The first-order valence-electron chi connectivity index (χ1n) is 3.51. The first-order valence-corrected chi connectivity index (χ1v) is 5.87. The number of rotatable bonds is 4. The van der Waals surface area contributed by atoms with Gasteiger partial charge in [0.05, 0.1) is 6.61 Å². The average molecular weight is 222 g/mol. The second-order valence-corrected chi connectivity index (χ2v) is 5.23. The van der Waals surface area contributed by atoms with Gasteiger partial charge in [-0.25, -0.2) is 13.1 Å². The van der Waals surface area contributed by atoms with E-state index in [2.05, 4.69) is 4.72 Å². The number of thiophene rings is 1. The minimum absolute atomic E-state index is 0.0140. The molecule has 13 heavy (non-hydrogen) atoms.